The zero-order chi connectivity index (χ0) is 24.0. The van der Waals surface area contributed by atoms with Gasteiger partial charge in [-0.05, 0) is 31.0 Å². The van der Waals surface area contributed by atoms with Crippen LogP contribution in [0.25, 0.3) is 27.8 Å². The van der Waals surface area contributed by atoms with Crippen molar-refractivity contribution in [3.8, 4) is 28.3 Å². The standard InChI is InChI=1S/C25H27N5O4/c1-5-25(32)12-29(13-25)24(31)23-21(33-3)9-17(10-22(23)34-4)30-14-26-19-8-16(6-7-20(19)30)18-11-27-28-15(18)2/h6-11,14,32H,5,12-13H2,1-4H3,(H,27,28). The third-order valence-electron chi connectivity index (χ3n) is 6.59. The molecule has 3 heterocycles. The Morgan fingerprint density at radius 1 is 1.18 bits per heavy atom. The molecule has 34 heavy (non-hydrogen) atoms. The summed E-state index contributed by atoms with van der Waals surface area (Å²) >= 11 is 0. The monoisotopic (exact) mass is 461 g/mol. The average molecular weight is 462 g/mol. The number of aromatic nitrogens is 4. The van der Waals surface area contributed by atoms with E-state index in [1.54, 1.807) is 23.4 Å². The summed E-state index contributed by atoms with van der Waals surface area (Å²) in [7, 11) is 3.05. The quantitative estimate of drug-likeness (QED) is 0.456. The number of carbonyl (C=O) groups excluding carboxylic acids is 1. The molecule has 0 atom stereocenters. The van der Waals surface area contributed by atoms with E-state index >= 15 is 0 Å². The van der Waals surface area contributed by atoms with E-state index in [0.29, 0.717) is 36.6 Å². The number of methoxy groups -OCH3 is 2. The van der Waals surface area contributed by atoms with E-state index in [9.17, 15) is 9.90 Å². The van der Waals surface area contributed by atoms with Crippen LogP contribution in [0.5, 0.6) is 11.5 Å². The predicted octanol–water partition coefficient (Wildman–Crippen LogP) is 3.34. The number of nitrogens with zero attached hydrogens (tertiary/aromatic N) is 4. The van der Waals surface area contributed by atoms with Gasteiger partial charge in [-0.1, -0.05) is 13.0 Å². The summed E-state index contributed by atoms with van der Waals surface area (Å²) in [6.45, 7) is 4.45. The average Bonchev–Trinajstić information content (AvgIpc) is 3.46. The number of aryl methyl sites for hydroxylation is 1. The minimum Gasteiger partial charge on any atom is -0.496 e. The fraction of sp³-hybridized carbons (Fsp3) is 0.320. The van der Waals surface area contributed by atoms with Crippen LogP contribution >= 0.6 is 0 Å². The largest absolute Gasteiger partial charge is 0.496 e. The van der Waals surface area contributed by atoms with Gasteiger partial charge in [0.1, 0.15) is 23.4 Å². The second-order valence-corrected chi connectivity index (χ2v) is 8.67. The van der Waals surface area contributed by atoms with E-state index in [1.807, 2.05) is 42.8 Å². The fourth-order valence-electron chi connectivity index (χ4n) is 4.47. The highest BCUT2D eigenvalue weighted by molar-refractivity contribution is 6.01. The van der Waals surface area contributed by atoms with Crippen LogP contribution in [0, 0.1) is 6.92 Å². The number of ether oxygens (including phenoxy) is 2. The molecule has 1 saturated heterocycles. The van der Waals surface area contributed by atoms with Crippen LogP contribution in [0.15, 0.2) is 42.9 Å². The lowest BCUT2D eigenvalue weighted by molar-refractivity contribution is -0.0827. The molecular weight excluding hydrogens is 434 g/mol. The summed E-state index contributed by atoms with van der Waals surface area (Å²) in [5.41, 5.74) is 5.00. The molecule has 2 aromatic heterocycles. The Labute approximate surface area is 196 Å². The molecule has 0 spiro atoms. The Balaban J connectivity index is 1.53. The third kappa shape index (κ3) is 3.49. The van der Waals surface area contributed by atoms with Gasteiger partial charge < -0.3 is 19.5 Å². The highest BCUT2D eigenvalue weighted by atomic mass is 16.5. The van der Waals surface area contributed by atoms with Gasteiger partial charge in [0.05, 0.1) is 55.3 Å². The van der Waals surface area contributed by atoms with E-state index < -0.39 is 5.60 Å². The predicted molar refractivity (Wildman–Crippen MR) is 128 cm³/mol. The number of imidazole rings is 1. The minimum atomic E-state index is -0.820. The number of hydrogen-bond donors (Lipinski definition) is 2. The van der Waals surface area contributed by atoms with E-state index in [-0.39, 0.29) is 5.91 Å². The second-order valence-electron chi connectivity index (χ2n) is 8.67. The number of benzene rings is 2. The highest BCUT2D eigenvalue weighted by Crippen LogP contribution is 2.37. The molecule has 0 radical (unpaired) electrons. The molecule has 1 aliphatic heterocycles. The molecule has 0 aliphatic carbocycles. The van der Waals surface area contributed by atoms with Crippen LogP contribution in [-0.4, -0.2) is 68.6 Å². The first-order chi connectivity index (χ1) is 16.4. The number of aliphatic hydroxyl groups is 1. The minimum absolute atomic E-state index is 0.228. The molecule has 2 aromatic carbocycles. The Bertz CT molecular complexity index is 1360. The Hall–Kier alpha value is -3.85. The maximum absolute atomic E-state index is 13.2. The summed E-state index contributed by atoms with van der Waals surface area (Å²) in [5.74, 6) is 0.576. The van der Waals surface area contributed by atoms with Gasteiger partial charge in [-0.25, -0.2) is 4.98 Å². The van der Waals surface area contributed by atoms with Crippen molar-refractivity contribution in [1.82, 2.24) is 24.6 Å². The number of fused-ring (bicyclic) bond motifs is 1. The zero-order valence-corrected chi connectivity index (χ0v) is 19.6. The number of hydrogen-bond acceptors (Lipinski definition) is 6. The van der Waals surface area contributed by atoms with Gasteiger partial charge >= 0.3 is 0 Å². The van der Waals surface area contributed by atoms with Crippen LogP contribution in [-0.2, 0) is 0 Å². The number of H-pyrrole nitrogens is 1. The summed E-state index contributed by atoms with van der Waals surface area (Å²) in [4.78, 5) is 19.4. The number of nitrogens with one attached hydrogen (secondary N) is 1. The van der Waals surface area contributed by atoms with E-state index in [4.69, 9.17) is 9.47 Å². The number of β-amino-alcohol motifs (C(OH)–C–C–N with tert-alkyl or cyclic N) is 1. The van der Waals surface area contributed by atoms with Crippen molar-refractivity contribution in [2.75, 3.05) is 27.3 Å². The van der Waals surface area contributed by atoms with Crippen LogP contribution in [0.3, 0.4) is 0 Å². The van der Waals surface area contributed by atoms with E-state index in [1.165, 1.54) is 14.2 Å². The summed E-state index contributed by atoms with van der Waals surface area (Å²) in [6.07, 6.45) is 4.21. The van der Waals surface area contributed by atoms with Crippen molar-refractivity contribution in [3.05, 3.63) is 54.1 Å². The Morgan fingerprint density at radius 3 is 2.47 bits per heavy atom. The molecule has 0 bridgehead atoms. The van der Waals surface area contributed by atoms with Crippen LogP contribution in [0.1, 0.15) is 29.4 Å². The first-order valence-electron chi connectivity index (χ1n) is 11.1. The maximum Gasteiger partial charge on any atom is 0.261 e. The maximum atomic E-state index is 13.2. The molecule has 2 N–H and O–H groups in total. The molecule has 1 fully saturated rings. The molecule has 176 valence electrons. The normalized spacial score (nSPS) is 14.8. The number of aromatic amines is 1. The molecule has 1 amide bonds. The zero-order valence-electron chi connectivity index (χ0n) is 19.6. The molecule has 0 unspecified atom stereocenters. The first kappa shape index (κ1) is 22.0. The summed E-state index contributed by atoms with van der Waals surface area (Å²) in [5, 5.41) is 17.4. The molecule has 5 rings (SSSR count). The van der Waals surface area contributed by atoms with Gasteiger partial charge in [0.15, 0.2) is 0 Å². The van der Waals surface area contributed by atoms with Gasteiger partial charge in [0, 0.05) is 23.9 Å². The topological polar surface area (TPSA) is 106 Å². The second kappa shape index (κ2) is 8.18. The van der Waals surface area contributed by atoms with Crippen molar-refractivity contribution in [2.24, 2.45) is 0 Å². The van der Waals surface area contributed by atoms with Crippen molar-refractivity contribution in [1.29, 1.82) is 0 Å². The van der Waals surface area contributed by atoms with Crippen LogP contribution in [0.2, 0.25) is 0 Å². The number of carbonyl (C=O) groups is 1. The lowest BCUT2D eigenvalue weighted by Gasteiger charge is -2.46. The Morgan fingerprint density at radius 2 is 1.88 bits per heavy atom. The van der Waals surface area contributed by atoms with Gasteiger partial charge in [-0.3, -0.25) is 14.5 Å². The number of amides is 1. The van der Waals surface area contributed by atoms with Gasteiger partial charge in [-0.15, -0.1) is 0 Å². The van der Waals surface area contributed by atoms with Crippen LogP contribution < -0.4 is 9.47 Å². The number of likely N-dealkylation sites (tertiary alicyclic amines) is 1. The van der Waals surface area contributed by atoms with Crippen molar-refractivity contribution >= 4 is 16.9 Å². The summed E-state index contributed by atoms with van der Waals surface area (Å²) < 4.78 is 13.1. The fourth-order valence-corrected chi connectivity index (χ4v) is 4.47. The smallest absolute Gasteiger partial charge is 0.261 e. The van der Waals surface area contributed by atoms with Gasteiger partial charge in [0.2, 0.25) is 0 Å². The molecule has 1 aliphatic rings. The van der Waals surface area contributed by atoms with E-state index in [2.05, 4.69) is 15.2 Å². The van der Waals surface area contributed by atoms with Gasteiger partial charge in [0.25, 0.3) is 5.91 Å². The number of rotatable bonds is 6. The molecule has 4 aromatic rings. The van der Waals surface area contributed by atoms with Crippen molar-refractivity contribution in [3.63, 3.8) is 0 Å². The SMILES string of the molecule is CCC1(O)CN(C(=O)c2c(OC)cc(-n3cnc4cc(-c5c[nH]nc5C)ccc43)cc2OC)C1. The molecule has 9 heteroatoms. The lowest BCUT2D eigenvalue weighted by Crippen LogP contribution is -2.63. The van der Waals surface area contributed by atoms with Crippen molar-refractivity contribution < 1.29 is 19.4 Å². The Kier molecular flexibility index (Phi) is 5.28. The highest BCUT2D eigenvalue weighted by Gasteiger charge is 2.43. The van der Waals surface area contributed by atoms with Crippen molar-refractivity contribution in [2.45, 2.75) is 25.9 Å². The molecule has 0 saturated carbocycles. The van der Waals surface area contributed by atoms with E-state index in [0.717, 1.165) is 33.5 Å². The third-order valence-corrected chi connectivity index (χ3v) is 6.59. The van der Waals surface area contributed by atoms with Gasteiger partial charge in [-0.2, -0.15) is 5.10 Å². The molecule has 9 nitrogen and oxygen atoms in total. The molecular formula is C25H27N5O4. The lowest BCUT2D eigenvalue weighted by atomic mass is 9.90. The van der Waals surface area contributed by atoms with Crippen LogP contribution in [0.4, 0.5) is 0 Å². The first-order valence-corrected chi connectivity index (χ1v) is 11.1. The summed E-state index contributed by atoms with van der Waals surface area (Å²) in [6, 6.07) is 9.67.